The summed E-state index contributed by atoms with van der Waals surface area (Å²) in [6.07, 6.45) is 7.47. The van der Waals surface area contributed by atoms with Gasteiger partial charge in [-0.1, -0.05) is 43.6 Å². The van der Waals surface area contributed by atoms with Gasteiger partial charge in [-0.15, -0.1) is 0 Å². The fourth-order valence-corrected chi connectivity index (χ4v) is 9.39. The van der Waals surface area contributed by atoms with Crippen molar-refractivity contribution in [3.05, 3.63) is 48.3 Å². The number of rotatable bonds is 13. The van der Waals surface area contributed by atoms with Gasteiger partial charge in [-0.25, -0.2) is 0 Å². The van der Waals surface area contributed by atoms with Crippen LogP contribution in [0, 0.1) is 23.2 Å². The molecule has 10 atom stereocenters. The van der Waals surface area contributed by atoms with Gasteiger partial charge in [-0.05, 0) is 49.8 Å². The molecule has 5 aliphatic rings. The minimum atomic E-state index is -2.43. The molecule has 50 heavy (non-hydrogen) atoms. The summed E-state index contributed by atoms with van der Waals surface area (Å²) in [5.74, 6) is -2.74. The Kier molecular flexibility index (Phi) is 9.80. The first-order valence-corrected chi connectivity index (χ1v) is 17.9. The summed E-state index contributed by atoms with van der Waals surface area (Å²) < 4.78 is 30.3. The van der Waals surface area contributed by atoms with Gasteiger partial charge in [0.2, 0.25) is 12.0 Å². The predicted octanol–water partition coefficient (Wildman–Crippen LogP) is 1.49. The Balaban J connectivity index is 1.30. The summed E-state index contributed by atoms with van der Waals surface area (Å²) in [5, 5.41) is 73.7. The monoisotopic (exact) mass is 699 g/mol. The van der Waals surface area contributed by atoms with Crippen LogP contribution in [0.25, 0.3) is 11.0 Å². The number of benzene rings is 1. The van der Waals surface area contributed by atoms with Crippen LogP contribution in [-0.2, 0) is 20.7 Å². The van der Waals surface area contributed by atoms with Crippen LogP contribution in [0.15, 0.2) is 47.1 Å². The van der Waals surface area contributed by atoms with E-state index in [0.29, 0.717) is 29.1 Å². The fraction of sp³-hybridized carbons (Fsp3) is 0.649. The van der Waals surface area contributed by atoms with Crippen LogP contribution in [0.1, 0.15) is 51.0 Å². The highest BCUT2D eigenvalue weighted by Gasteiger charge is 2.78. The molecular formula is C37H49NO12. The van der Waals surface area contributed by atoms with E-state index >= 15 is 0 Å². The van der Waals surface area contributed by atoms with Gasteiger partial charge in [0, 0.05) is 41.6 Å². The Labute approximate surface area is 290 Å². The van der Waals surface area contributed by atoms with E-state index in [4.69, 9.17) is 23.4 Å². The molecule has 7 N–H and O–H groups in total. The van der Waals surface area contributed by atoms with E-state index < -0.39 is 78.2 Å². The molecule has 2 heterocycles. The number of hydrogen-bond donors (Lipinski definition) is 7. The van der Waals surface area contributed by atoms with E-state index in [0.717, 1.165) is 12.8 Å². The molecular weight excluding hydrogens is 650 g/mol. The molecule has 2 saturated carbocycles. The molecule has 1 saturated heterocycles. The number of aliphatic hydroxyl groups is 6. The molecule has 0 amide bonds. The van der Waals surface area contributed by atoms with Crippen LogP contribution >= 0.6 is 0 Å². The first kappa shape index (κ1) is 35.4. The molecule has 6 bridgehead atoms. The average molecular weight is 700 g/mol. The average Bonchev–Trinajstić information content (AvgIpc) is 3.60. The zero-order valence-corrected chi connectivity index (χ0v) is 28.3. The second-order valence-corrected chi connectivity index (χ2v) is 14.4. The number of aryl methyl sites for hydroxylation is 1. The third-order valence-corrected chi connectivity index (χ3v) is 11.8. The first-order valence-electron chi connectivity index (χ1n) is 17.9. The minimum Gasteiger partial charge on any atom is -0.485 e. The van der Waals surface area contributed by atoms with Crippen molar-refractivity contribution in [2.24, 2.45) is 23.2 Å². The van der Waals surface area contributed by atoms with Crippen molar-refractivity contribution >= 4 is 16.9 Å². The van der Waals surface area contributed by atoms with Gasteiger partial charge in [0.1, 0.15) is 24.4 Å². The highest BCUT2D eigenvalue weighted by molar-refractivity contribution is 5.87. The number of fused-ring (bicyclic) bond motifs is 4. The van der Waals surface area contributed by atoms with Crippen molar-refractivity contribution in [2.75, 3.05) is 33.0 Å². The van der Waals surface area contributed by atoms with Crippen LogP contribution in [0.5, 0.6) is 11.5 Å². The lowest BCUT2D eigenvalue weighted by molar-refractivity contribution is -0.408. The SMILES string of the molecule is CCOC(=O)CCc1cc2ccoc2c(OCCNC2CCCCC2)c1O[C@H]1O[C@H](CO)[C@]2(O)[C@H](O)[C@]1(O)[C@H]1[C@@H]3C=C[C@H](O)[C@]1(CO)C=C[C@H]32. The van der Waals surface area contributed by atoms with Crippen molar-refractivity contribution in [3.8, 4) is 11.5 Å². The van der Waals surface area contributed by atoms with E-state index in [1.165, 1.54) is 31.6 Å². The van der Waals surface area contributed by atoms with Gasteiger partial charge >= 0.3 is 5.97 Å². The Bertz CT molecular complexity index is 1600. The first-order chi connectivity index (χ1) is 24.1. The second kappa shape index (κ2) is 13.8. The number of carbonyl (C=O) groups excluding carboxylic acids is 1. The molecule has 13 nitrogen and oxygen atoms in total. The maximum atomic E-state index is 12.8. The third-order valence-electron chi connectivity index (χ3n) is 11.8. The molecule has 4 aliphatic carbocycles. The molecule has 2 aromatic rings. The van der Waals surface area contributed by atoms with E-state index in [2.05, 4.69) is 5.32 Å². The third kappa shape index (κ3) is 5.48. The molecule has 1 aliphatic heterocycles. The Hall–Kier alpha value is -3.01. The van der Waals surface area contributed by atoms with E-state index in [-0.39, 0.29) is 37.6 Å². The van der Waals surface area contributed by atoms with Crippen molar-refractivity contribution in [3.63, 3.8) is 0 Å². The molecule has 0 radical (unpaired) electrons. The molecule has 13 heteroatoms. The molecule has 274 valence electrons. The van der Waals surface area contributed by atoms with Crippen molar-refractivity contribution in [1.29, 1.82) is 0 Å². The van der Waals surface area contributed by atoms with Crippen LogP contribution in [0.4, 0.5) is 0 Å². The molecule has 0 spiro atoms. The standard InChI is InChI=1S/C37H49NO12/c1-2-46-28(42)11-8-21-18-22-13-16-47-29(22)31(48-17-15-38-23-6-4-3-5-7-23)30(21)50-34-37(45)32-24-9-10-26(41)35(32,20-40)14-12-25(24)36(44,33(37)43)27(19-39)49-34/h9-10,12-14,16,18,23-27,32-34,38-41,43-45H,2-8,11,15,17,19-20H2,1H3/t24-,25-,26+,27-,32+,33+,34-,35-,36+,37-/m1/s1. The Morgan fingerprint density at radius 1 is 1.06 bits per heavy atom. The largest absolute Gasteiger partial charge is 0.485 e. The van der Waals surface area contributed by atoms with Crippen LogP contribution in [-0.4, -0.2) is 111 Å². The van der Waals surface area contributed by atoms with E-state index in [9.17, 15) is 35.4 Å². The van der Waals surface area contributed by atoms with Crippen molar-refractivity contribution in [1.82, 2.24) is 5.32 Å². The van der Waals surface area contributed by atoms with Crippen LogP contribution in [0.3, 0.4) is 0 Å². The van der Waals surface area contributed by atoms with Gasteiger partial charge in [-0.2, -0.15) is 0 Å². The molecule has 0 unspecified atom stereocenters. The maximum absolute atomic E-state index is 12.8. The number of aliphatic hydroxyl groups excluding tert-OH is 4. The zero-order valence-electron chi connectivity index (χ0n) is 28.3. The molecule has 1 aromatic carbocycles. The number of furan rings is 1. The summed E-state index contributed by atoms with van der Waals surface area (Å²) >= 11 is 0. The number of ether oxygens (including phenoxy) is 4. The number of allylic oxidation sites excluding steroid dienone is 1. The van der Waals surface area contributed by atoms with Crippen LogP contribution in [0.2, 0.25) is 0 Å². The number of hydrogen-bond acceptors (Lipinski definition) is 13. The highest BCUT2D eigenvalue weighted by Crippen LogP contribution is 2.64. The summed E-state index contributed by atoms with van der Waals surface area (Å²) in [7, 11) is 0. The van der Waals surface area contributed by atoms with Crippen molar-refractivity contribution < 1.29 is 58.8 Å². The Morgan fingerprint density at radius 3 is 2.60 bits per heavy atom. The predicted molar refractivity (Wildman–Crippen MR) is 178 cm³/mol. The van der Waals surface area contributed by atoms with E-state index in [1.807, 2.05) is 0 Å². The normalized spacial score (nSPS) is 37.5. The van der Waals surface area contributed by atoms with Crippen molar-refractivity contribution in [2.45, 2.75) is 93.7 Å². The summed E-state index contributed by atoms with van der Waals surface area (Å²) in [6, 6.07) is 3.93. The summed E-state index contributed by atoms with van der Waals surface area (Å²) in [4.78, 5) is 12.5. The topological polar surface area (TPSA) is 201 Å². The second-order valence-electron chi connectivity index (χ2n) is 14.4. The maximum Gasteiger partial charge on any atom is 0.306 e. The van der Waals surface area contributed by atoms with Crippen LogP contribution < -0.4 is 14.8 Å². The molecule has 3 fully saturated rings. The molecule has 7 rings (SSSR count). The highest BCUT2D eigenvalue weighted by atomic mass is 16.7. The van der Waals surface area contributed by atoms with E-state index in [1.54, 1.807) is 37.3 Å². The lowest BCUT2D eigenvalue weighted by Gasteiger charge is -2.69. The lowest BCUT2D eigenvalue weighted by Crippen LogP contribution is -2.85. The fourth-order valence-electron chi connectivity index (χ4n) is 9.39. The minimum absolute atomic E-state index is 0.00451. The molecule has 1 aromatic heterocycles. The quantitative estimate of drug-likeness (QED) is 0.0902. The number of nitrogens with one attached hydrogen (secondary N) is 1. The lowest BCUT2D eigenvalue weighted by atomic mass is 9.42. The number of carbonyl (C=O) groups is 1. The van der Waals surface area contributed by atoms with Gasteiger partial charge in [0.05, 0.1) is 32.2 Å². The summed E-state index contributed by atoms with van der Waals surface area (Å²) in [6.45, 7) is 1.39. The smallest absolute Gasteiger partial charge is 0.306 e. The van der Waals surface area contributed by atoms with Gasteiger partial charge in [0.25, 0.3) is 0 Å². The van der Waals surface area contributed by atoms with Gasteiger partial charge in [0.15, 0.2) is 16.9 Å². The number of esters is 1. The van der Waals surface area contributed by atoms with Gasteiger partial charge < -0.3 is 59.3 Å². The Morgan fingerprint density at radius 2 is 1.86 bits per heavy atom. The summed E-state index contributed by atoms with van der Waals surface area (Å²) in [5.41, 5.74) is -5.19. The zero-order chi connectivity index (χ0) is 35.3. The van der Waals surface area contributed by atoms with Gasteiger partial charge in [-0.3, -0.25) is 4.79 Å².